The van der Waals surface area contributed by atoms with Gasteiger partial charge in [-0.2, -0.15) is 0 Å². The van der Waals surface area contributed by atoms with Crippen molar-refractivity contribution in [3.8, 4) is 23.0 Å². The highest BCUT2D eigenvalue weighted by molar-refractivity contribution is 5.79. The van der Waals surface area contributed by atoms with Gasteiger partial charge in [-0.3, -0.25) is 0 Å². The Morgan fingerprint density at radius 2 is 1.89 bits per heavy atom. The molecule has 0 unspecified atom stereocenters. The zero-order chi connectivity index (χ0) is 20.1. The molecule has 1 N–H and O–H groups in total. The minimum atomic E-state index is -4.74. The molecule has 0 radical (unpaired) electrons. The first-order chi connectivity index (χ1) is 13.3. The molecule has 0 aliphatic heterocycles. The summed E-state index contributed by atoms with van der Waals surface area (Å²) < 4.78 is 51.8. The third kappa shape index (κ3) is 5.03. The summed E-state index contributed by atoms with van der Waals surface area (Å²) in [5, 5.41) is 11.5. The fourth-order valence-electron chi connectivity index (χ4n) is 2.39. The molecule has 0 aliphatic rings. The van der Waals surface area contributed by atoms with Gasteiger partial charge in [-0.15, -0.1) is 13.2 Å². The van der Waals surface area contributed by atoms with Crippen molar-refractivity contribution < 1.29 is 32.3 Å². The van der Waals surface area contributed by atoms with Gasteiger partial charge >= 0.3 is 6.36 Å². The standard InChI is InChI=1S/C19H15F3N2O4/c1-12-17(11-26-16-4-2-3-13(9-16)10-23-25)24-18(27-12)14-5-7-15(8-6-14)28-19(20,21)22/h2-10,25H,11H2,1H3/b23-10+. The molecular formula is C19H15F3N2O4. The van der Waals surface area contributed by atoms with E-state index in [0.29, 0.717) is 28.3 Å². The van der Waals surface area contributed by atoms with Crippen molar-refractivity contribution in [3.05, 3.63) is 65.5 Å². The smallest absolute Gasteiger partial charge is 0.487 e. The monoisotopic (exact) mass is 392 g/mol. The highest BCUT2D eigenvalue weighted by Gasteiger charge is 2.31. The Bertz CT molecular complexity index is 966. The number of oxime groups is 1. The molecule has 2 aromatic carbocycles. The molecule has 0 saturated heterocycles. The molecule has 0 atom stereocenters. The first-order valence-corrected chi connectivity index (χ1v) is 8.07. The van der Waals surface area contributed by atoms with Crippen molar-refractivity contribution in [2.24, 2.45) is 5.16 Å². The molecule has 9 heteroatoms. The molecule has 0 amide bonds. The summed E-state index contributed by atoms with van der Waals surface area (Å²) in [7, 11) is 0. The minimum Gasteiger partial charge on any atom is -0.487 e. The Morgan fingerprint density at radius 3 is 2.57 bits per heavy atom. The van der Waals surface area contributed by atoms with Gasteiger partial charge in [0.15, 0.2) is 0 Å². The van der Waals surface area contributed by atoms with Crippen LogP contribution < -0.4 is 9.47 Å². The SMILES string of the molecule is Cc1oc(-c2ccc(OC(F)(F)F)cc2)nc1COc1cccc(/C=N/O)c1. The zero-order valence-electron chi connectivity index (χ0n) is 14.6. The second-order valence-electron chi connectivity index (χ2n) is 5.70. The minimum absolute atomic E-state index is 0.129. The predicted octanol–water partition coefficient (Wildman–Crippen LogP) is 4.94. The molecule has 0 fully saturated rings. The average molecular weight is 392 g/mol. The van der Waals surface area contributed by atoms with E-state index in [2.05, 4.69) is 14.9 Å². The molecule has 0 bridgehead atoms. The normalized spacial score (nSPS) is 11.7. The quantitative estimate of drug-likeness (QED) is 0.365. The Kier molecular flexibility index (Phi) is 5.53. The predicted molar refractivity (Wildman–Crippen MR) is 93.5 cm³/mol. The number of hydrogen-bond acceptors (Lipinski definition) is 6. The van der Waals surface area contributed by atoms with Gasteiger partial charge in [0, 0.05) is 5.56 Å². The van der Waals surface area contributed by atoms with Gasteiger partial charge in [0.2, 0.25) is 5.89 Å². The van der Waals surface area contributed by atoms with Crippen LogP contribution in [-0.2, 0) is 6.61 Å². The van der Waals surface area contributed by atoms with Gasteiger partial charge < -0.3 is 19.1 Å². The summed E-state index contributed by atoms with van der Waals surface area (Å²) in [6, 6.07) is 12.2. The van der Waals surface area contributed by atoms with Crippen LogP contribution in [0.25, 0.3) is 11.5 Å². The molecular weight excluding hydrogens is 377 g/mol. The Labute approximate surface area is 157 Å². The molecule has 1 heterocycles. The molecule has 28 heavy (non-hydrogen) atoms. The summed E-state index contributed by atoms with van der Waals surface area (Å²) in [4.78, 5) is 4.34. The van der Waals surface area contributed by atoms with Crippen molar-refractivity contribution in [2.75, 3.05) is 0 Å². The Balaban J connectivity index is 1.70. The molecule has 146 valence electrons. The lowest BCUT2D eigenvalue weighted by atomic mass is 10.2. The van der Waals surface area contributed by atoms with E-state index in [4.69, 9.17) is 14.4 Å². The number of oxazole rings is 1. The summed E-state index contributed by atoms with van der Waals surface area (Å²) in [6.45, 7) is 1.84. The third-order valence-corrected chi connectivity index (χ3v) is 3.67. The van der Waals surface area contributed by atoms with E-state index in [1.165, 1.54) is 30.5 Å². The highest BCUT2D eigenvalue weighted by Crippen LogP contribution is 2.27. The summed E-state index contributed by atoms with van der Waals surface area (Å²) in [5.41, 5.74) is 1.72. The van der Waals surface area contributed by atoms with E-state index in [1.54, 1.807) is 31.2 Å². The molecule has 3 rings (SSSR count). The maximum Gasteiger partial charge on any atom is 0.573 e. The fraction of sp³-hybridized carbons (Fsp3) is 0.158. The summed E-state index contributed by atoms with van der Waals surface area (Å²) in [6.07, 6.45) is -3.47. The number of alkyl halides is 3. The van der Waals surface area contributed by atoms with Crippen molar-refractivity contribution in [1.29, 1.82) is 0 Å². The van der Waals surface area contributed by atoms with Crippen LogP contribution in [0.5, 0.6) is 11.5 Å². The first kappa shape index (κ1) is 19.3. The van der Waals surface area contributed by atoms with Gasteiger partial charge in [-0.05, 0) is 48.9 Å². The van der Waals surface area contributed by atoms with E-state index >= 15 is 0 Å². The second kappa shape index (κ2) is 8.03. The van der Waals surface area contributed by atoms with Crippen LogP contribution in [-0.4, -0.2) is 22.8 Å². The van der Waals surface area contributed by atoms with Crippen molar-refractivity contribution in [3.63, 3.8) is 0 Å². The largest absolute Gasteiger partial charge is 0.573 e. The van der Waals surface area contributed by atoms with Gasteiger partial charge in [-0.25, -0.2) is 4.98 Å². The van der Waals surface area contributed by atoms with Crippen LogP contribution in [0.3, 0.4) is 0 Å². The second-order valence-corrected chi connectivity index (χ2v) is 5.70. The molecule has 1 aromatic heterocycles. The van der Waals surface area contributed by atoms with Gasteiger partial charge in [0.25, 0.3) is 0 Å². The van der Waals surface area contributed by atoms with Gasteiger partial charge in [0.05, 0.1) is 6.21 Å². The van der Waals surface area contributed by atoms with Crippen LogP contribution in [0.2, 0.25) is 0 Å². The van der Waals surface area contributed by atoms with E-state index in [-0.39, 0.29) is 18.2 Å². The molecule has 0 spiro atoms. The number of rotatable bonds is 6. The number of halogens is 3. The van der Waals surface area contributed by atoms with Crippen LogP contribution in [0.4, 0.5) is 13.2 Å². The van der Waals surface area contributed by atoms with Crippen LogP contribution in [0.1, 0.15) is 17.0 Å². The average Bonchev–Trinajstić information content (AvgIpc) is 3.01. The number of aromatic nitrogens is 1. The third-order valence-electron chi connectivity index (χ3n) is 3.67. The molecule has 6 nitrogen and oxygen atoms in total. The van der Waals surface area contributed by atoms with Gasteiger partial charge in [-0.1, -0.05) is 17.3 Å². The first-order valence-electron chi connectivity index (χ1n) is 8.07. The van der Waals surface area contributed by atoms with E-state index in [1.807, 2.05) is 0 Å². The van der Waals surface area contributed by atoms with E-state index in [0.717, 1.165) is 0 Å². The van der Waals surface area contributed by atoms with E-state index < -0.39 is 6.36 Å². The highest BCUT2D eigenvalue weighted by atomic mass is 19.4. The maximum absolute atomic E-state index is 12.2. The lowest BCUT2D eigenvalue weighted by molar-refractivity contribution is -0.274. The number of hydrogen-bond donors (Lipinski definition) is 1. The van der Waals surface area contributed by atoms with Crippen LogP contribution >= 0.6 is 0 Å². The number of benzene rings is 2. The Hall–Kier alpha value is -3.49. The Morgan fingerprint density at radius 1 is 1.14 bits per heavy atom. The molecule has 3 aromatic rings. The fourth-order valence-corrected chi connectivity index (χ4v) is 2.39. The lowest BCUT2D eigenvalue weighted by Gasteiger charge is -2.08. The molecule has 0 aliphatic carbocycles. The van der Waals surface area contributed by atoms with Gasteiger partial charge in [0.1, 0.15) is 29.6 Å². The number of aryl methyl sites for hydroxylation is 1. The van der Waals surface area contributed by atoms with Crippen molar-refractivity contribution >= 4 is 6.21 Å². The van der Waals surface area contributed by atoms with Crippen molar-refractivity contribution in [1.82, 2.24) is 4.98 Å². The zero-order valence-corrected chi connectivity index (χ0v) is 14.6. The number of ether oxygens (including phenoxy) is 2. The van der Waals surface area contributed by atoms with Crippen molar-refractivity contribution in [2.45, 2.75) is 19.9 Å². The topological polar surface area (TPSA) is 77.1 Å². The summed E-state index contributed by atoms with van der Waals surface area (Å²) in [5.74, 6) is 1.01. The van der Waals surface area contributed by atoms with Crippen LogP contribution in [0.15, 0.2) is 58.1 Å². The maximum atomic E-state index is 12.2. The number of nitrogens with zero attached hydrogens (tertiary/aromatic N) is 2. The summed E-state index contributed by atoms with van der Waals surface area (Å²) >= 11 is 0. The van der Waals surface area contributed by atoms with Crippen LogP contribution in [0, 0.1) is 6.92 Å². The van der Waals surface area contributed by atoms with E-state index in [9.17, 15) is 13.2 Å². The lowest BCUT2D eigenvalue weighted by Crippen LogP contribution is -2.16. The molecule has 0 saturated carbocycles.